The first-order chi connectivity index (χ1) is 9.40. The SMILES string of the molecule is CC(C)Cc1nc(-c2cncn2C(C)C)nc(Cl)c1I. The summed E-state index contributed by atoms with van der Waals surface area (Å²) < 4.78 is 3.00. The van der Waals surface area contributed by atoms with Crippen molar-refractivity contribution in [2.24, 2.45) is 5.92 Å². The van der Waals surface area contributed by atoms with E-state index in [1.54, 1.807) is 12.5 Å². The molecule has 2 rings (SSSR count). The van der Waals surface area contributed by atoms with E-state index in [9.17, 15) is 0 Å². The van der Waals surface area contributed by atoms with Crippen LogP contribution in [0.25, 0.3) is 11.5 Å². The third-order valence-corrected chi connectivity index (χ3v) is 4.66. The third-order valence-electron chi connectivity index (χ3n) is 2.93. The van der Waals surface area contributed by atoms with E-state index in [0.717, 1.165) is 21.4 Å². The van der Waals surface area contributed by atoms with Crippen molar-refractivity contribution < 1.29 is 0 Å². The molecule has 2 aromatic heterocycles. The smallest absolute Gasteiger partial charge is 0.179 e. The highest BCUT2D eigenvalue weighted by atomic mass is 127. The molecule has 0 unspecified atom stereocenters. The quantitative estimate of drug-likeness (QED) is 0.561. The Balaban J connectivity index is 2.52. The van der Waals surface area contributed by atoms with Gasteiger partial charge < -0.3 is 4.57 Å². The van der Waals surface area contributed by atoms with Crippen LogP contribution in [-0.4, -0.2) is 19.5 Å². The number of halogens is 2. The highest BCUT2D eigenvalue weighted by Crippen LogP contribution is 2.26. The minimum absolute atomic E-state index is 0.308. The lowest BCUT2D eigenvalue weighted by Gasteiger charge is -2.13. The predicted molar refractivity (Wildman–Crippen MR) is 89.9 cm³/mol. The van der Waals surface area contributed by atoms with Crippen molar-refractivity contribution in [1.29, 1.82) is 0 Å². The minimum Gasteiger partial charge on any atom is -0.325 e. The molecule has 0 aromatic carbocycles. The zero-order valence-corrected chi connectivity index (χ0v) is 15.0. The fourth-order valence-corrected chi connectivity index (χ4v) is 2.64. The Bertz CT molecular complexity index is 607. The van der Waals surface area contributed by atoms with Crippen LogP contribution in [0, 0.1) is 9.49 Å². The van der Waals surface area contributed by atoms with Crippen LogP contribution >= 0.6 is 34.2 Å². The largest absolute Gasteiger partial charge is 0.325 e. The minimum atomic E-state index is 0.308. The second-order valence-electron chi connectivity index (χ2n) is 5.48. The van der Waals surface area contributed by atoms with Gasteiger partial charge in [0.05, 0.1) is 21.8 Å². The first kappa shape index (κ1) is 15.7. The molecular formula is C14H18ClIN4. The molecule has 0 saturated carbocycles. The molecule has 4 nitrogen and oxygen atoms in total. The molecule has 0 radical (unpaired) electrons. The van der Waals surface area contributed by atoms with Crippen molar-refractivity contribution in [2.75, 3.05) is 0 Å². The zero-order chi connectivity index (χ0) is 14.9. The Hall–Kier alpha value is -0.690. The summed E-state index contributed by atoms with van der Waals surface area (Å²) in [7, 11) is 0. The zero-order valence-electron chi connectivity index (χ0n) is 12.1. The highest BCUT2D eigenvalue weighted by Gasteiger charge is 2.16. The van der Waals surface area contributed by atoms with Crippen LogP contribution in [0.15, 0.2) is 12.5 Å². The van der Waals surface area contributed by atoms with E-state index in [0.29, 0.717) is 22.9 Å². The van der Waals surface area contributed by atoms with Gasteiger partial charge in [0.1, 0.15) is 10.8 Å². The number of nitrogens with zero attached hydrogens (tertiary/aromatic N) is 4. The average Bonchev–Trinajstić information content (AvgIpc) is 2.83. The molecule has 20 heavy (non-hydrogen) atoms. The number of rotatable bonds is 4. The van der Waals surface area contributed by atoms with Gasteiger partial charge in [-0.2, -0.15) is 0 Å². The summed E-state index contributed by atoms with van der Waals surface area (Å²) in [4.78, 5) is 13.3. The van der Waals surface area contributed by atoms with Gasteiger partial charge in [0.25, 0.3) is 0 Å². The van der Waals surface area contributed by atoms with Gasteiger partial charge in [-0.3, -0.25) is 0 Å². The molecule has 0 N–H and O–H groups in total. The summed E-state index contributed by atoms with van der Waals surface area (Å²) >= 11 is 8.48. The predicted octanol–water partition coefficient (Wildman–Crippen LogP) is 4.38. The lowest BCUT2D eigenvalue weighted by atomic mass is 10.1. The molecule has 0 aliphatic heterocycles. The fraction of sp³-hybridized carbons (Fsp3) is 0.500. The van der Waals surface area contributed by atoms with E-state index in [2.05, 4.69) is 64.8 Å². The summed E-state index contributed by atoms with van der Waals surface area (Å²) in [5.74, 6) is 1.18. The maximum atomic E-state index is 6.26. The van der Waals surface area contributed by atoms with Gasteiger partial charge in [0, 0.05) is 6.04 Å². The van der Waals surface area contributed by atoms with E-state index < -0.39 is 0 Å². The van der Waals surface area contributed by atoms with E-state index >= 15 is 0 Å². The Kier molecular flexibility index (Phi) is 5.01. The summed E-state index contributed by atoms with van der Waals surface area (Å²) in [6, 6.07) is 0.308. The number of hydrogen-bond acceptors (Lipinski definition) is 3. The van der Waals surface area contributed by atoms with E-state index in [-0.39, 0.29) is 0 Å². The second-order valence-corrected chi connectivity index (χ2v) is 6.91. The van der Waals surface area contributed by atoms with Gasteiger partial charge in [-0.05, 0) is 48.8 Å². The summed E-state index contributed by atoms with van der Waals surface area (Å²) in [6.45, 7) is 8.55. The van der Waals surface area contributed by atoms with Crippen LogP contribution in [0.1, 0.15) is 39.4 Å². The van der Waals surface area contributed by atoms with Gasteiger partial charge in [0.15, 0.2) is 5.82 Å². The van der Waals surface area contributed by atoms with Crippen molar-refractivity contribution >= 4 is 34.2 Å². The fourth-order valence-electron chi connectivity index (χ4n) is 1.99. The number of imidazole rings is 1. The number of aromatic nitrogens is 4. The number of hydrogen-bond donors (Lipinski definition) is 0. The van der Waals surface area contributed by atoms with Gasteiger partial charge in [0.2, 0.25) is 0 Å². The van der Waals surface area contributed by atoms with Crippen LogP contribution < -0.4 is 0 Å². The average molecular weight is 405 g/mol. The van der Waals surface area contributed by atoms with Crippen LogP contribution in [0.4, 0.5) is 0 Å². The lowest BCUT2D eigenvalue weighted by molar-refractivity contribution is 0.601. The summed E-state index contributed by atoms with van der Waals surface area (Å²) in [5.41, 5.74) is 1.91. The summed E-state index contributed by atoms with van der Waals surface area (Å²) in [6.07, 6.45) is 4.48. The van der Waals surface area contributed by atoms with Gasteiger partial charge >= 0.3 is 0 Å². The molecule has 0 amide bonds. The van der Waals surface area contributed by atoms with Crippen molar-refractivity contribution in [3.63, 3.8) is 0 Å². The molecule has 0 atom stereocenters. The molecule has 6 heteroatoms. The topological polar surface area (TPSA) is 43.6 Å². The van der Waals surface area contributed by atoms with Gasteiger partial charge in [-0.15, -0.1) is 0 Å². The highest BCUT2D eigenvalue weighted by molar-refractivity contribution is 14.1. The molecule has 108 valence electrons. The van der Waals surface area contributed by atoms with E-state index in [1.807, 2.05) is 0 Å². The molecule has 0 fully saturated rings. The molecular weight excluding hydrogens is 387 g/mol. The molecule has 0 spiro atoms. The maximum Gasteiger partial charge on any atom is 0.179 e. The Labute approximate surface area is 138 Å². The Morgan fingerprint density at radius 3 is 2.55 bits per heavy atom. The molecule has 2 heterocycles. The molecule has 0 bridgehead atoms. The van der Waals surface area contributed by atoms with Crippen LogP contribution in [0.2, 0.25) is 5.15 Å². The third kappa shape index (κ3) is 3.31. The maximum absolute atomic E-state index is 6.26. The Morgan fingerprint density at radius 2 is 1.95 bits per heavy atom. The van der Waals surface area contributed by atoms with Crippen LogP contribution in [-0.2, 0) is 6.42 Å². The monoisotopic (exact) mass is 404 g/mol. The molecule has 2 aromatic rings. The molecule has 0 saturated heterocycles. The van der Waals surface area contributed by atoms with E-state index in [4.69, 9.17) is 16.6 Å². The van der Waals surface area contributed by atoms with Gasteiger partial charge in [-0.25, -0.2) is 15.0 Å². The first-order valence-electron chi connectivity index (χ1n) is 6.64. The van der Waals surface area contributed by atoms with Crippen molar-refractivity contribution in [2.45, 2.75) is 40.2 Å². The van der Waals surface area contributed by atoms with Crippen molar-refractivity contribution in [1.82, 2.24) is 19.5 Å². The first-order valence-corrected chi connectivity index (χ1v) is 8.10. The second kappa shape index (κ2) is 6.39. The van der Waals surface area contributed by atoms with E-state index in [1.165, 1.54) is 0 Å². The molecule has 0 aliphatic rings. The van der Waals surface area contributed by atoms with Gasteiger partial charge in [-0.1, -0.05) is 25.4 Å². The van der Waals surface area contributed by atoms with Crippen molar-refractivity contribution in [3.05, 3.63) is 26.9 Å². The summed E-state index contributed by atoms with van der Waals surface area (Å²) in [5, 5.41) is 0.516. The normalized spacial score (nSPS) is 11.6. The standard InChI is InChI=1S/C14H18ClIN4/c1-8(2)5-10-12(16)13(15)19-14(18-10)11-6-17-7-20(11)9(3)4/h6-9H,5H2,1-4H3. The Morgan fingerprint density at radius 1 is 1.25 bits per heavy atom. The lowest BCUT2D eigenvalue weighted by Crippen LogP contribution is -2.08. The molecule has 0 aliphatic carbocycles. The van der Waals surface area contributed by atoms with Crippen LogP contribution in [0.5, 0.6) is 0 Å². The van der Waals surface area contributed by atoms with Crippen molar-refractivity contribution in [3.8, 4) is 11.5 Å². The van der Waals surface area contributed by atoms with Crippen LogP contribution in [0.3, 0.4) is 0 Å².